The van der Waals surface area contributed by atoms with Gasteiger partial charge in [0.15, 0.2) is 0 Å². The summed E-state index contributed by atoms with van der Waals surface area (Å²) in [4.78, 5) is 9.06. The van der Waals surface area contributed by atoms with E-state index in [0.29, 0.717) is 4.96 Å². The second-order valence-electron chi connectivity index (χ2n) is 5.17. The summed E-state index contributed by atoms with van der Waals surface area (Å²) in [6.45, 7) is 0. The van der Waals surface area contributed by atoms with E-state index in [1.807, 2.05) is 12.1 Å². The van der Waals surface area contributed by atoms with Gasteiger partial charge in [-0.2, -0.15) is 5.10 Å². The highest BCUT2D eigenvalue weighted by atomic mass is 35.5. The van der Waals surface area contributed by atoms with E-state index in [1.54, 1.807) is 35.2 Å². The van der Waals surface area contributed by atoms with Gasteiger partial charge in [0, 0.05) is 18.0 Å². The summed E-state index contributed by atoms with van der Waals surface area (Å²) in [6, 6.07) is 7.89. The molecule has 5 nitrogen and oxygen atoms in total. The second kappa shape index (κ2) is 5.94. The summed E-state index contributed by atoms with van der Waals surface area (Å²) in [5, 5.41) is 5.36. The van der Waals surface area contributed by atoms with Crippen molar-refractivity contribution >= 4 is 27.9 Å². The van der Waals surface area contributed by atoms with E-state index < -0.39 is 5.82 Å². The minimum absolute atomic E-state index is 0.0615. The fraction of sp³-hybridized carbons (Fsp3) is 0.0625. The SMILES string of the molecule is NC(c1ccncc1)c1nn2c(-c3ccc(F)c(Cl)c3)cnc2s1. The standard InChI is InChI=1S/C16H11ClFN5S/c17-11-7-10(1-2-12(11)18)13-8-21-16-23(13)22-15(24-16)14(19)9-3-5-20-6-4-9/h1-8,14H,19H2. The number of nitrogens with two attached hydrogens (primary N) is 1. The lowest BCUT2D eigenvalue weighted by molar-refractivity contribution is 0.628. The summed E-state index contributed by atoms with van der Waals surface area (Å²) in [5.41, 5.74) is 8.68. The summed E-state index contributed by atoms with van der Waals surface area (Å²) in [7, 11) is 0. The molecule has 4 aromatic rings. The minimum atomic E-state index is -0.458. The van der Waals surface area contributed by atoms with Crippen molar-refractivity contribution in [1.82, 2.24) is 19.6 Å². The molecule has 0 bridgehead atoms. The normalized spacial score (nSPS) is 12.6. The lowest BCUT2D eigenvalue weighted by Crippen LogP contribution is -2.12. The Labute approximate surface area is 145 Å². The van der Waals surface area contributed by atoms with Crippen molar-refractivity contribution in [3.8, 4) is 11.3 Å². The first kappa shape index (κ1) is 15.2. The molecule has 1 aromatic carbocycles. The van der Waals surface area contributed by atoms with Crippen molar-refractivity contribution < 1.29 is 4.39 Å². The van der Waals surface area contributed by atoms with Gasteiger partial charge < -0.3 is 5.73 Å². The van der Waals surface area contributed by atoms with Crippen molar-refractivity contribution in [1.29, 1.82) is 0 Å². The maximum absolute atomic E-state index is 13.4. The van der Waals surface area contributed by atoms with Gasteiger partial charge in [-0.25, -0.2) is 13.9 Å². The Balaban J connectivity index is 1.77. The van der Waals surface area contributed by atoms with Crippen molar-refractivity contribution in [2.45, 2.75) is 6.04 Å². The molecule has 0 aliphatic carbocycles. The Bertz CT molecular complexity index is 1010. The minimum Gasteiger partial charge on any atom is -0.318 e. The smallest absolute Gasteiger partial charge is 0.212 e. The molecule has 0 spiro atoms. The summed E-state index contributed by atoms with van der Waals surface area (Å²) >= 11 is 7.28. The van der Waals surface area contributed by atoms with Crippen LogP contribution < -0.4 is 5.73 Å². The fourth-order valence-corrected chi connectivity index (χ4v) is 3.48. The molecular formula is C16H11ClFN5S. The number of rotatable bonds is 3. The quantitative estimate of drug-likeness (QED) is 0.605. The van der Waals surface area contributed by atoms with Crippen LogP contribution in [0, 0.1) is 5.82 Å². The number of pyridine rings is 1. The van der Waals surface area contributed by atoms with Gasteiger partial charge in [0.25, 0.3) is 0 Å². The highest BCUT2D eigenvalue weighted by Gasteiger charge is 2.18. The van der Waals surface area contributed by atoms with Gasteiger partial charge in [0.2, 0.25) is 4.96 Å². The van der Waals surface area contributed by atoms with E-state index in [1.165, 1.54) is 17.4 Å². The zero-order valence-electron chi connectivity index (χ0n) is 12.2. The van der Waals surface area contributed by atoms with Gasteiger partial charge in [-0.05, 0) is 35.9 Å². The molecule has 24 heavy (non-hydrogen) atoms. The van der Waals surface area contributed by atoms with Crippen LogP contribution in [0.15, 0.2) is 48.9 Å². The van der Waals surface area contributed by atoms with Crippen LogP contribution >= 0.6 is 22.9 Å². The average molecular weight is 360 g/mol. The number of fused-ring (bicyclic) bond motifs is 1. The van der Waals surface area contributed by atoms with Gasteiger partial charge >= 0.3 is 0 Å². The number of hydrogen-bond acceptors (Lipinski definition) is 5. The van der Waals surface area contributed by atoms with Crippen molar-refractivity contribution in [3.63, 3.8) is 0 Å². The Kier molecular flexibility index (Phi) is 3.76. The van der Waals surface area contributed by atoms with Crippen LogP contribution in [0.3, 0.4) is 0 Å². The largest absolute Gasteiger partial charge is 0.318 e. The van der Waals surface area contributed by atoms with Crippen LogP contribution in [-0.4, -0.2) is 19.6 Å². The molecule has 2 N–H and O–H groups in total. The fourth-order valence-electron chi connectivity index (χ4n) is 2.40. The molecule has 0 amide bonds. The van der Waals surface area contributed by atoms with Crippen molar-refractivity contribution in [2.24, 2.45) is 5.73 Å². The molecular weight excluding hydrogens is 349 g/mol. The predicted molar refractivity (Wildman–Crippen MR) is 91.5 cm³/mol. The van der Waals surface area contributed by atoms with Gasteiger partial charge in [-0.1, -0.05) is 22.9 Å². The molecule has 0 saturated carbocycles. The third kappa shape index (κ3) is 2.56. The molecule has 120 valence electrons. The number of benzene rings is 1. The van der Waals surface area contributed by atoms with E-state index >= 15 is 0 Å². The van der Waals surface area contributed by atoms with Crippen molar-refractivity contribution in [2.75, 3.05) is 0 Å². The van der Waals surface area contributed by atoms with E-state index in [0.717, 1.165) is 21.8 Å². The van der Waals surface area contributed by atoms with Crippen LogP contribution in [0.4, 0.5) is 4.39 Å². The molecule has 1 unspecified atom stereocenters. The van der Waals surface area contributed by atoms with E-state index in [9.17, 15) is 4.39 Å². The van der Waals surface area contributed by atoms with Crippen LogP contribution in [0.25, 0.3) is 16.2 Å². The molecule has 0 radical (unpaired) electrons. The second-order valence-corrected chi connectivity index (χ2v) is 6.56. The average Bonchev–Trinajstić information content (AvgIpc) is 3.18. The first-order valence-corrected chi connectivity index (χ1v) is 8.28. The zero-order chi connectivity index (χ0) is 16.7. The Morgan fingerprint density at radius 3 is 2.75 bits per heavy atom. The molecule has 0 saturated heterocycles. The van der Waals surface area contributed by atoms with Crippen LogP contribution in [-0.2, 0) is 0 Å². The van der Waals surface area contributed by atoms with Crippen LogP contribution in [0.2, 0.25) is 5.02 Å². The summed E-state index contributed by atoms with van der Waals surface area (Å²) < 4.78 is 15.1. The van der Waals surface area contributed by atoms with Gasteiger partial charge in [0.05, 0.1) is 23.0 Å². The molecule has 3 aromatic heterocycles. The van der Waals surface area contributed by atoms with E-state index in [-0.39, 0.29) is 11.1 Å². The van der Waals surface area contributed by atoms with E-state index in [2.05, 4.69) is 15.1 Å². The summed E-state index contributed by atoms with van der Waals surface area (Å²) in [6.07, 6.45) is 5.07. The Morgan fingerprint density at radius 1 is 1.21 bits per heavy atom. The molecule has 1 atom stereocenters. The van der Waals surface area contributed by atoms with Crippen LogP contribution in [0.5, 0.6) is 0 Å². The number of imidazole rings is 1. The molecule has 8 heteroatoms. The maximum atomic E-state index is 13.4. The summed E-state index contributed by atoms with van der Waals surface area (Å²) in [5.74, 6) is -0.458. The lowest BCUT2D eigenvalue weighted by atomic mass is 10.1. The molecule has 0 aliphatic rings. The van der Waals surface area contributed by atoms with Crippen LogP contribution in [0.1, 0.15) is 16.6 Å². The Hall–Kier alpha value is -2.35. The number of nitrogens with zero attached hydrogens (tertiary/aromatic N) is 4. The number of hydrogen-bond donors (Lipinski definition) is 1. The Morgan fingerprint density at radius 2 is 2.00 bits per heavy atom. The number of aromatic nitrogens is 4. The lowest BCUT2D eigenvalue weighted by Gasteiger charge is -2.07. The molecule has 0 fully saturated rings. The molecule has 3 heterocycles. The maximum Gasteiger partial charge on any atom is 0.212 e. The highest BCUT2D eigenvalue weighted by molar-refractivity contribution is 7.16. The van der Waals surface area contributed by atoms with E-state index in [4.69, 9.17) is 17.3 Å². The zero-order valence-corrected chi connectivity index (χ0v) is 13.8. The van der Waals surface area contributed by atoms with Gasteiger partial charge in [-0.3, -0.25) is 4.98 Å². The predicted octanol–water partition coefficient (Wildman–Crippen LogP) is 3.69. The van der Waals surface area contributed by atoms with Gasteiger partial charge in [0.1, 0.15) is 10.8 Å². The monoisotopic (exact) mass is 359 g/mol. The first-order chi connectivity index (χ1) is 11.6. The topological polar surface area (TPSA) is 69.1 Å². The highest BCUT2D eigenvalue weighted by Crippen LogP contribution is 2.29. The molecule has 4 rings (SSSR count). The molecule has 0 aliphatic heterocycles. The third-order valence-corrected chi connectivity index (χ3v) is 4.94. The number of halogens is 2. The van der Waals surface area contributed by atoms with Gasteiger partial charge in [-0.15, -0.1) is 0 Å². The van der Waals surface area contributed by atoms with Crippen molar-refractivity contribution in [3.05, 3.63) is 70.3 Å². The first-order valence-electron chi connectivity index (χ1n) is 7.09. The third-order valence-electron chi connectivity index (χ3n) is 3.65.